The first-order chi connectivity index (χ1) is 4.31. The Kier molecular flexibility index (Phi) is 5.57. The van der Waals surface area contributed by atoms with Crippen molar-refractivity contribution >= 4 is 0 Å². The van der Waals surface area contributed by atoms with Gasteiger partial charge in [0.15, 0.2) is 0 Å². The van der Waals surface area contributed by atoms with Crippen LogP contribution in [0.15, 0.2) is 12.7 Å². The molecule has 0 saturated carbocycles. The molecule has 2 heteroatoms. The molecule has 0 heterocycles. The maximum absolute atomic E-state index is 3.67. The lowest BCUT2D eigenvalue weighted by atomic mass is 10.2. The molecular weight excluding hydrogens is 112 g/mol. The van der Waals surface area contributed by atoms with Crippen LogP contribution in [0.1, 0.15) is 13.8 Å². The maximum Gasteiger partial charge on any atom is 0.0160 e. The van der Waals surface area contributed by atoms with Crippen molar-refractivity contribution in [1.82, 2.24) is 10.9 Å². The molecule has 1 atom stereocenters. The molecule has 0 amide bonds. The van der Waals surface area contributed by atoms with E-state index in [0.29, 0.717) is 5.92 Å². The third-order valence-electron chi connectivity index (χ3n) is 1.13. The van der Waals surface area contributed by atoms with Gasteiger partial charge in [-0.25, -0.2) is 0 Å². The van der Waals surface area contributed by atoms with E-state index >= 15 is 0 Å². The number of hydrazine groups is 1. The molecule has 9 heavy (non-hydrogen) atoms. The van der Waals surface area contributed by atoms with Crippen LogP contribution < -0.4 is 10.9 Å². The summed E-state index contributed by atoms with van der Waals surface area (Å²) in [5, 5.41) is 0. The Hall–Kier alpha value is -0.340. The molecule has 0 bridgehead atoms. The standard InChI is InChI=1S/C7H16N2/c1-4-7(3)6-9-8-5-2/h4,7-9H,1,5-6H2,2-3H3/t7-/m0/s1. The van der Waals surface area contributed by atoms with Gasteiger partial charge in [-0.05, 0) is 5.92 Å². The van der Waals surface area contributed by atoms with Gasteiger partial charge < -0.3 is 0 Å². The van der Waals surface area contributed by atoms with Crippen LogP contribution in [-0.2, 0) is 0 Å². The van der Waals surface area contributed by atoms with Gasteiger partial charge >= 0.3 is 0 Å². The third-order valence-corrected chi connectivity index (χ3v) is 1.13. The minimum absolute atomic E-state index is 0.545. The first kappa shape index (κ1) is 8.66. The summed E-state index contributed by atoms with van der Waals surface area (Å²) in [7, 11) is 0. The zero-order valence-electron chi connectivity index (χ0n) is 6.28. The number of nitrogens with one attached hydrogen (secondary N) is 2. The van der Waals surface area contributed by atoms with Crippen molar-refractivity contribution in [1.29, 1.82) is 0 Å². The second-order valence-corrected chi connectivity index (χ2v) is 2.12. The van der Waals surface area contributed by atoms with E-state index in [1.54, 1.807) is 0 Å². The highest BCUT2D eigenvalue weighted by atomic mass is 15.3. The van der Waals surface area contributed by atoms with Crippen molar-refractivity contribution in [2.45, 2.75) is 13.8 Å². The average molecular weight is 128 g/mol. The topological polar surface area (TPSA) is 24.1 Å². The molecule has 0 unspecified atom stereocenters. The van der Waals surface area contributed by atoms with Gasteiger partial charge in [-0.15, -0.1) is 6.58 Å². The Balaban J connectivity index is 2.96. The van der Waals surface area contributed by atoms with Crippen LogP contribution in [0.4, 0.5) is 0 Å². The highest BCUT2D eigenvalue weighted by Gasteiger charge is 1.91. The van der Waals surface area contributed by atoms with Crippen LogP contribution in [0.5, 0.6) is 0 Å². The molecule has 0 spiro atoms. The van der Waals surface area contributed by atoms with Gasteiger partial charge in [0, 0.05) is 13.1 Å². The number of hydrogen-bond acceptors (Lipinski definition) is 2. The summed E-state index contributed by atoms with van der Waals surface area (Å²) in [6, 6.07) is 0. The van der Waals surface area contributed by atoms with E-state index in [9.17, 15) is 0 Å². The van der Waals surface area contributed by atoms with E-state index in [2.05, 4.69) is 31.3 Å². The van der Waals surface area contributed by atoms with Crippen LogP contribution in [0.25, 0.3) is 0 Å². The van der Waals surface area contributed by atoms with Gasteiger partial charge in [-0.2, -0.15) is 0 Å². The molecule has 0 aromatic rings. The van der Waals surface area contributed by atoms with Gasteiger partial charge in [-0.1, -0.05) is 19.9 Å². The van der Waals surface area contributed by atoms with E-state index in [-0.39, 0.29) is 0 Å². The highest BCUT2D eigenvalue weighted by Crippen LogP contribution is 1.89. The molecule has 54 valence electrons. The molecule has 0 fully saturated rings. The lowest BCUT2D eigenvalue weighted by molar-refractivity contribution is 0.505. The molecule has 0 saturated heterocycles. The quantitative estimate of drug-likeness (QED) is 0.327. The van der Waals surface area contributed by atoms with Gasteiger partial charge in [0.25, 0.3) is 0 Å². The summed E-state index contributed by atoms with van der Waals surface area (Å²) in [4.78, 5) is 0. The summed E-state index contributed by atoms with van der Waals surface area (Å²) in [6.07, 6.45) is 1.93. The zero-order chi connectivity index (χ0) is 7.11. The minimum Gasteiger partial charge on any atom is -0.258 e. The van der Waals surface area contributed by atoms with Gasteiger partial charge in [0.2, 0.25) is 0 Å². The monoisotopic (exact) mass is 128 g/mol. The summed E-state index contributed by atoms with van der Waals surface area (Å²) in [5.74, 6) is 0.545. The zero-order valence-corrected chi connectivity index (χ0v) is 6.28. The Morgan fingerprint density at radius 1 is 1.56 bits per heavy atom. The summed E-state index contributed by atoms with van der Waals surface area (Å²) >= 11 is 0. The fraction of sp³-hybridized carbons (Fsp3) is 0.714. The van der Waals surface area contributed by atoms with Crippen molar-refractivity contribution in [2.75, 3.05) is 13.1 Å². The van der Waals surface area contributed by atoms with Crippen LogP contribution in [0.3, 0.4) is 0 Å². The van der Waals surface area contributed by atoms with E-state index in [0.717, 1.165) is 13.1 Å². The normalized spacial score (nSPS) is 13.1. The van der Waals surface area contributed by atoms with Gasteiger partial charge in [0.1, 0.15) is 0 Å². The predicted molar refractivity (Wildman–Crippen MR) is 41.0 cm³/mol. The molecule has 0 aromatic carbocycles. The molecule has 0 rings (SSSR count). The second kappa shape index (κ2) is 5.79. The highest BCUT2D eigenvalue weighted by molar-refractivity contribution is 4.75. The Morgan fingerprint density at radius 3 is 2.67 bits per heavy atom. The molecule has 0 radical (unpaired) electrons. The summed E-state index contributed by atoms with van der Waals surface area (Å²) in [5.41, 5.74) is 6.08. The average Bonchev–Trinajstić information content (AvgIpc) is 1.89. The van der Waals surface area contributed by atoms with E-state index in [1.165, 1.54) is 0 Å². The van der Waals surface area contributed by atoms with Gasteiger partial charge in [-0.3, -0.25) is 10.9 Å². The molecule has 0 aliphatic rings. The van der Waals surface area contributed by atoms with E-state index < -0.39 is 0 Å². The fourth-order valence-electron chi connectivity index (χ4n) is 0.441. The summed E-state index contributed by atoms with van der Waals surface area (Å²) < 4.78 is 0. The van der Waals surface area contributed by atoms with Crippen LogP contribution in [-0.4, -0.2) is 13.1 Å². The largest absolute Gasteiger partial charge is 0.258 e. The fourth-order valence-corrected chi connectivity index (χ4v) is 0.441. The van der Waals surface area contributed by atoms with Crippen molar-refractivity contribution < 1.29 is 0 Å². The predicted octanol–water partition coefficient (Wildman–Crippen LogP) is 0.923. The minimum atomic E-state index is 0.545. The smallest absolute Gasteiger partial charge is 0.0160 e. The number of hydrogen-bond donors (Lipinski definition) is 2. The third kappa shape index (κ3) is 5.53. The second-order valence-electron chi connectivity index (χ2n) is 2.12. The van der Waals surface area contributed by atoms with Crippen molar-refractivity contribution in [3.8, 4) is 0 Å². The molecule has 2 N–H and O–H groups in total. The Bertz CT molecular complexity index is 71.3. The summed E-state index contributed by atoms with van der Waals surface area (Å²) in [6.45, 7) is 9.77. The Labute approximate surface area is 57.3 Å². The van der Waals surface area contributed by atoms with E-state index in [4.69, 9.17) is 0 Å². The number of rotatable bonds is 5. The van der Waals surface area contributed by atoms with Crippen molar-refractivity contribution in [3.63, 3.8) is 0 Å². The van der Waals surface area contributed by atoms with Crippen LogP contribution in [0.2, 0.25) is 0 Å². The van der Waals surface area contributed by atoms with Gasteiger partial charge in [0.05, 0.1) is 0 Å². The molecule has 0 aliphatic heterocycles. The molecule has 0 aromatic heterocycles. The van der Waals surface area contributed by atoms with Crippen molar-refractivity contribution in [3.05, 3.63) is 12.7 Å². The SMILES string of the molecule is C=C[C@H](C)CNNCC. The molecule has 0 aliphatic carbocycles. The Morgan fingerprint density at radius 2 is 2.22 bits per heavy atom. The van der Waals surface area contributed by atoms with Crippen LogP contribution >= 0.6 is 0 Å². The molecule has 2 nitrogen and oxygen atoms in total. The lowest BCUT2D eigenvalue weighted by Gasteiger charge is -2.06. The van der Waals surface area contributed by atoms with Crippen molar-refractivity contribution in [2.24, 2.45) is 5.92 Å². The van der Waals surface area contributed by atoms with E-state index in [1.807, 2.05) is 6.08 Å². The first-order valence-corrected chi connectivity index (χ1v) is 3.39. The maximum atomic E-state index is 3.67. The van der Waals surface area contributed by atoms with Crippen LogP contribution in [0, 0.1) is 5.92 Å². The molecular formula is C7H16N2. The first-order valence-electron chi connectivity index (χ1n) is 3.39. The lowest BCUT2D eigenvalue weighted by Crippen LogP contribution is -2.34.